The van der Waals surface area contributed by atoms with Gasteiger partial charge in [0.05, 0.1) is 24.9 Å². The Morgan fingerprint density at radius 2 is 2.04 bits per heavy atom. The molecule has 0 radical (unpaired) electrons. The average Bonchev–Trinajstić information content (AvgIpc) is 3.04. The molecule has 1 aromatic heterocycles. The number of para-hydroxylation sites is 1. The summed E-state index contributed by atoms with van der Waals surface area (Å²) in [5.41, 5.74) is 0.815. The van der Waals surface area contributed by atoms with Gasteiger partial charge in [0, 0.05) is 24.1 Å². The zero-order chi connectivity index (χ0) is 17.7. The molecule has 0 saturated carbocycles. The topological polar surface area (TPSA) is 62.7 Å². The van der Waals surface area contributed by atoms with Crippen molar-refractivity contribution in [2.24, 2.45) is 0 Å². The number of rotatable bonds is 6. The lowest BCUT2D eigenvalue weighted by atomic mass is 9.98. The van der Waals surface area contributed by atoms with E-state index in [1.165, 1.54) is 11.3 Å². The molecule has 0 fully saturated rings. The van der Waals surface area contributed by atoms with E-state index in [-0.39, 0.29) is 24.5 Å². The lowest BCUT2D eigenvalue weighted by molar-refractivity contribution is 0.0711. The number of hydrogen-bond donors (Lipinski definition) is 1. The predicted octanol–water partition coefficient (Wildman–Crippen LogP) is 3.08. The molecule has 5 nitrogen and oxygen atoms in total. The minimum Gasteiger partial charge on any atom is -0.496 e. The Morgan fingerprint density at radius 3 is 2.62 bits per heavy atom. The number of carbonyl (C=O) groups is 1. The highest BCUT2D eigenvalue weighted by Gasteiger charge is 2.23. The van der Waals surface area contributed by atoms with Crippen LogP contribution >= 0.6 is 11.3 Å². The van der Waals surface area contributed by atoms with Crippen LogP contribution in [-0.2, 0) is 12.0 Å². The van der Waals surface area contributed by atoms with E-state index in [4.69, 9.17) is 4.74 Å². The van der Waals surface area contributed by atoms with Crippen LogP contribution in [0.5, 0.6) is 5.75 Å². The average molecular weight is 348 g/mol. The van der Waals surface area contributed by atoms with Crippen LogP contribution in [0.4, 0.5) is 0 Å². The maximum absolute atomic E-state index is 12.8. The summed E-state index contributed by atoms with van der Waals surface area (Å²) in [5, 5.41) is 10.3. The van der Waals surface area contributed by atoms with Gasteiger partial charge in [0.25, 0.3) is 5.91 Å². The highest BCUT2D eigenvalue weighted by atomic mass is 32.1. The second-order valence-corrected chi connectivity index (χ2v) is 7.57. The van der Waals surface area contributed by atoms with Crippen LogP contribution < -0.4 is 4.74 Å². The summed E-state index contributed by atoms with van der Waals surface area (Å²) in [7, 11) is 1.61. The Bertz CT molecular complexity index is 692. The Balaban J connectivity index is 2.23. The van der Waals surface area contributed by atoms with Crippen molar-refractivity contribution in [2.45, 2.75) is 32.7 Å². The van der Waals surface area contributed by atoms with Crippen molar-refractivity contribution < 1.29 is 14.6 Å². The summed E-state index contributed by atoms with van der Waals surface area (Å²) >= 11 is 1.41. The van der Waals surface area contributed by atoms with E-state index >= 15 is 0 Å². The molecule has 0 aliphatic carbocycles. The highest BCUT2D eigenvalue weighted by Crippen LogP contribution is 2.28. The number of thiazole rings is 1. The lowest BCUT2D eigenvalue weighted by Crippen LogP contribution is -2.32. The number of ether oxygens (including phenoxy) is 1. The number of nitrogens with zero attached hydrogens (tertiary/aromatic N) is 2. The van der Waals surface area contributed by atoms with E-state index in [0.29, 0.717) is 11.4 Å². The van der Waals surface area contributed by atoms with Gasteiger partial charge in [-0.3, -0.25) is 4.79 Å². The zero-order valence-corrected chi connectivity index (χ0v) is 15.4. The Morgan fingerprint density at radius 1 is 1.33 bits per heavy atom. The first-order valence-electron chi connectivity index (χ1n) is 7.85. The molecule has 0 bridgehead atoms. The molecule has 0 aliphatic heterocycles. The van der Waals surface area contributed by atoms with Gasteiger partial charge in [0.1, 0.15) is 10.6 Å². The first-order valence-corrected chi connectivity index (χ1v) is 8.66. The molecule has 2 rings (SSSR count). The number of aromatic nitrogens is 1. The molecule has 1 aromatic carbocycles. The van der Waals surface area contributed by atoms with Crippen molar-refractivity contribution in [3.63, 3.8) is 0 Å². The summed E-state index contributed by atoms with van der Waals surface area (Å²) in [6.45, 7) is 6.76. The van der Waals surface area contributed by atoms with Crippen LogP contribution in [-0.4, -0.2) is 41.2 Å². The second-order valence-electron chi connectivity index (χ2n) is 6.54. The summed E-state index contributed by atoms with van der Waals surface area (Å²) in [6, 6.07) is 7.58. The first kappa shape index (κ1) is 18.4. The zero-order valence-electron chi connectivity index (χ0n) is 14.6. The third kappa shape index (κ3) is 4.33. The maximum Gasteiger partial charge on any atom is 0.265 e. The summed E-state index contributed by atoms with van der Waals surface area (Å²) in [4.78, 5) is 19.4. The minimum absolute atomic E-state index is 0.0896. The van der Waals surface area contributed by atoms with E-state index in [2.05, 4.69) is 25.8 Å². The van der Waals surface area contributed by atoms with Gasteiger partial charge in [0.2, 0.25) is 0 Å². The molecule has 130 valence electrons. The van der Waals surface area contributed by atoms with Crippen molar-refractivity contribution in [3.05, 3.63) is 45.9 Å². The normalized spacial score (nSPS) is 11.4. The number of aliphatic hydroxyl groups is 1. The fourth-order valence-electron chi connectivity index (χ4n) is 2.29. The number of methoxy groups -OCH3 is 1. The summed E-state index contributed by atoms with van der Waals surface area (Å²) < 4.78 is 5.35. The molecule has 0 aliphatic rings. The van der Waals surface area contributed by atoms with E-state index in [9.17, 15) is 9.90 Å². The van der Waals surface area contributed by atoms with Gasteiger partial charge < -0.3 is 14.7 Å². The van der Waals surface area contributed by atoms with Gasteiger partial charge in [0.15, 0.2) is 0 Å². The number of hydrogen-bond acceptors (Lipinski definition) is 5. The molecule has 0 spiro atoms. The largest absolute Gasteiger partial charge is 0.496 e. The lowest BCUT2D eigenvalue weighted by Gasteiger charge is -2.22. The minimum atomic E-state index is -0.122. The molecule has 1 heterocycles. The van der Waals surface area contributed by atoms with E-state index in [1.54, 1.807) is 18.2 Å². The monoisotopic (exact) mass is 348 g/mol. The quantitative estimate of drug-likeness (QED) is 0.871. The number of benzene rings is 1. The molecule has 1 N–H and O–H groups in total. The Labute approximate surface area is 146 Å². The Hall–Kier alpha value is -1.92. The van der Waals surface area contributed by atoms with E-state index in [1.807, 2.05) is 24.3 Å². The van der Waals surface area contributed by atoms with Gasteiger partial charge in [-0.25, -0.2) is 4.98 Å². The molecule has 2 aromatic rings. The van der Waals surface area contributed by atoms with Crippen molar-refractivity contribution in [3.8, 4) is 5.75 Å². The molecule has 6 heteroatoms. The predicted molar refractivity (Wildman–Crippen MR) is 95.6 cm³/mol. The van der Waals surface area contributed by atoms with Crippen LogP contribution in [0, 0.1) is 0 Å². The second kappa shape index (κ2) is 7.77. The number of amides is 1. The van der Waals surface area contributed by atoms with Crippen molar-refractivity contribution in [1.82, 2.24) is 9.88 Å². The molecular weight excluding hydrogens is 324 g/mol. The van der Waals surface area contributed by atoms with Crippen LogP contribution in [0.25, 0.3) is 0 Å². The standard InChI is InChI=1S/C18H24N2O3S/c1-18(2,3)17-19-11-15(24-17)16(22)20(9-10-21)12-13-7-5-6-8-14(13)23-4/h5-8,11,21H,9-10,12H2,1-4H3. The molecular formula is C18H24N2O3S. The summed E-state index contributed by atoms with van der Waals surface area (Å²) in [6.07, 6.45) is 1.63. The highest BCUT2D eigenvalue weighted by molar-refractivity contribution is 7.13. The maximum atomic E-state index is 12.8. The molecule has 0 unspecified atom stereocenters. The van der Waals surface area contributed by atoms with E-state index in [0.717, 1.165) is 16.3 Å². The van der Waals surface area contributed by atoms with Gasteiger partial charge in [-0.1, -0.05) is 39.0 Å². The summed E-state index contributed by atoms with van der Waals surface area (Å²) in [5.74, 6) is 0.607. The molecule has 24 heavy (non-hydrogen) atoms. The van der Waals surface area contributed by atoms with Crippen LogP contribution in [0.3, 0.4) is 0 Å². The van der Waals surface area contributed by atoms with Crippen LogP contribution in [0.15, 0.2) is 30.5 Å². The third-order valence-corrected chi connectivity index (χ3v) is 4.98. The number of carbonyl (C=O) groups excluding carboxylic acids is 1. The molecule has 1 amide bonds. The smallest absolute Gasteiger partial charge is 0.265 e. The van der Waals surface area contributed by atoms with Crippen molar-refractivity contribution >= 4 is 17.2 Å². The fraction of sp³-hybridized carbons (Fsp3) is 0.444. The van der Waals surface area contributed by atoms with Gasteiger partial charge in [-0.15, -0.1) is 11.3 Å². The van der Waals surface area contributed by atoms with Crippen molar-refractivity contribution in [1.29, 1.82) is 0 Å². The van der Waals surface area contributed by atoms with E-state index < -0.39 is 0 Å². The molecule has 0 saturated heterocycles. The Kier molecular flexibility index (Phi) is 5.96. The van der Waals surface area contributed by atoms with Crippen molar-refractivity contribution in [2.75, 3.05) is 20.3 Å². The first-order chi connectivity index (χ1) is 11.4. The van der Waals surface area contributed by atoms with Crippen LogP contribution in [0.2, 0.25) is 0 Å². The number of aliphatic hydroxyl groups excluding tert-OH is 1. The SMILES string of the molecule is COc1ccccc1CN(CCO)C(=O)c1cnc(C(C)(C)C)s1. The van der Waals surface area contributed by atoms with Crippen LogP contribution in [0.1, 0.15) is 41.0 Å². The molecule has 0 atom stereocenters. The van der Waals surface area contributed by atoms with Gasteiger partial charge in [-0.2, -0.15) is 0 Å². The van der Waals surface area contributed by atoms with Gasteiger partial charge >= 0.3 is 0 Å². The van der Waals surface area contributed by atoms with Gasteiger partial charge in [-0.05, 0) is 6.07 Å². The third-order valence-electron chi connectivity index (χ3n) is 3.57. The fourth-order valence-corrected chi connectivity index (χ4v) is 3.23.